The summed E-state index contributed by atoms with van der Waals surface area (Å²) >= 11 is 3.28. The van der Waals surface area contributed by atoms with Crippen LogP contribution in [-0.4, -0.2) is 36.3 Å². The highest BCUT2D eigenvalue weighted by atomic mass is 79.9. The molecule has 1 aromatic heterocycles. The third-order valence-corrected chi connectivity index (χ3v) is 3.42. The lowest BCUT2D eigenvalue weighted by atomic mass is 10.2. The molecule has 0 aliphatic rings. The van der Waals surface area contributed by atoms with Crippen LogP contribution in [0.15, 0.2) is 15.6 Å². The second kappa shape index (κ2) is 6.76. The molecule has 0 bridgehead atoms. The van der Waals surface area contributed by atoms with Crippen LogP contribution in [0.5, 0.6) is 0 Å². The lowest BCUT2D eigenvalue weighted by Crippen LogP contribution is -2.37. The number of methoxy groups -OCH3 is 1. The minimum Gasteiger partial charge on any atom is -0.383 e. The number of rotatable bonds is 6. The molecule has 96 valence electrons. The first-order valence-corrected chi connectivity index (χ1v) is 6.39. The van der Waals surface area contributed by atoms with Crippen LogP contribution in [0.3, 0.4) is 0 Å². The van der Waals surface area contributed by atoms with Gasteiger partial charge in [0.1, 0.15) is 4.47 Å². The molecule has 0 saturated heterocycles. The quantitative estimate of drug-likeness (QED) is 0.870. The van der Waals surface area contributed by atoms with Gasteiger partial charge in [-0.3, -0.25) is 4.79 Å². The molecule has 0 aliphatic carbocycles. The maximum atomic E-state index is 11.5. The Morgan fingerprint density at radius 2 is 2.35 bits per heavy atom. The largest absolute Gasteiger partial charge is 0.383 e. The van der Waals surface area contributed by atoms with Gasteiger partial charge in [-0.05, 0) is 29.3 Å². The molecule has 1 N–H and O–H groups in total. The predicted octanol–water partition coefficient (Wildman–Crippen LogP) is 1.78. The van der Waals surface area contributed by atoms with E-state index in [-0.39, 0.29) is 5.56 Å². The highest BCUT2D eigenvalue weighted by Crippen LogP contribution is 2.21. The summed E-state index contributed by atoms with van der Waals surface area (Å²) in [5.41, 5.74) is -0.166. The van der Waals surface area contributed by atoms with Crippen LogP contribution >= 0.6 is 15.9 Å². The van der Waals surface area contributed by atoms with Crippen LogP contribution < -0.4 is 10.5 Å². The summed E-state index contributed by atoms with van der Waals surface area (Å²) in [4.78, 5) is 20.4. The van der Waals surface area contributed by atoms with Crippen molar-refractivity contribution in [2.24, 2.45) is 0 Å². The number of halogens is 1. The van der Waals surface area contributed by atoms with Crippen molar-refractivity contribution in [3.05, 3.63) is 21.2 Å². The molecule has 17 heavy (non-hydrogen) atoms. The standard InChI is InChI=1S/C11H18BrN3O2/c1-4-8(2)15(5-6-17-3)10-9(12)11(16)14-7-13-10/h7-8H,4-6H2,1-3H3,(H,13,14,16). The number of nitrogens with one attached hydrogen (secondary N) is 1. The van der Waals surface area contributed by atoms with Crippen LogP contribution in [0.25, 0.3) is 0 Å². The molecule has 0 fully saturated rings. The van der Waals surface area contributed by atoms with Crippen molar-refractivity contribution >= 4 is 21.7 Å². The fourth-order valence-corrected chi connectivity index (χ4v) is 1.96. The summed E-state index contributed by atoms with van der Waals surface area (Å²) in [6.45, 7) is 5.52. The molecule has 1 atom stereocenters. The van der Waals surface area contributed by atoms with Crippen molar-refractivity contribution in [3.63, 3.8) is 0 Å². The Kier molecular flexibility index (Phi) is 5.64. The summed E-state index contributed by atoms with van der Waals surface area (Å²) in [6.07, 6.45) is 2.40. The van der Waals surface area contributed by atoms with Gasteiger partial charge in [0, 0.05) is 19.7 Å². The second-order valence-corrected chi connectivity index (χ2v) is 4.61. The molecule has 0 aromatic carbocycles. The van der Waals surface area contributed by atoms with E-state index in [2.05, 4.69) is 44.6 Å². The Labute approximate surface area is 109 Å². The van der Waals surface area contributed by atoms with E-state index in [9.17, 15) is 4.79 Å². The van der Waals surface area contributed by atoms with Crippen molar-refractivity contribution in [1.82, 2.24) is 9.97 Å². The Bertz CT molecular complexity index is 408. The number of aromatic amines is 1. The Hall–Kier alpha value is -0.880. The monoisotopic (exact) mass is 303 g/mol. The van der Waals surface area contributed by atoms with Crippen LogP contribution in [0.1, 0.15) is 20.3 Å². The zero-order chi connectivity index (χ0) is 12.8. The van der Waals surface area contributed by atoms with Crippen LogP contribution in [-0.2, 0) is 4.74 Å². The number of ether oxygens (including phenoxy) is 1. The van der Waals surface area contributed by atoms with Gasteiger partial charge in [-0.15, -0.1) is 0 Å². The van der Waals surface area contributed by atoms with E-state index in [1.54, 1.807) is 7.11 Å². The summed E-state index contributed by atoms with van der Waals surface area (Å²) in [5, 5.41) is 0. The Morgan fingerprint density at radius 1 is 1.65 bits per heavy atom. The molecule has 1 rings (SSSR count). The van der Waals surface area contributed by atoms with Crippen molar-refractivity contribution in [3.8, 4) is 0 Å². The summed E-state index contributed by atoms with van der Waals surface area (Å²) in [5.74, 6) is 0.667. The van der Waals surface area contributed by atoms with Crippen molar-refractivity contribution in [2.75, 3.05) is 25.2 Å². The highest BCUT2D eigenvalue weighted by Gasteiger charge is 2.18. The predicted molar refractivity (Wildman–Crippen MR) is 71.5 cm³/mol. The third-order valence-electron chi connectivity index (χ3n) is 2.71. The van der Waals surface area contributed by atoms with Gasteiger partial charge in [0.05, 0.1) is 12.9 Å². The van der Waals surface area contributed by atoms with Gasteiger partial charge < -0.3 is 14.6 Å². The topological polar surface area (TPSA) is 58.2 Å². The maximum Gasteiger partial charge on any atom is 0.267 e. The van der Waals surface area contributed by atoms with Gasteiger partial charge in [0.25, 0.3) is 5.56 Å². The number of H-pyrrole nitrogens is 1. The molecular weight excluding hydrogens is 286 g/mol. The summed E-state index contributed by atoms with van der Waals surface area (Å²) in [6, 6.07) is 0.302. The molecule has 5 nitrogen and oxygen atoms in total. The Balaban J connectivity index is 3.03. The molecule has 1 unspecified atom stereocenters. The number of nitrogens with zero attached hydrogens (tertiary/aromatic N) is 2. The van der Waals surface area contributed by atoms with E-state index in [0.29, 0.717) is 29.5 Å². The Morgan fingerprint density at radius 3 is 2.94 bits per heavy atom. The average molecular weight is 304 g/mol. The van der Waals surface area contributed by atoms with Gasteiger partial charge in [0.15, 0.2) is 5.82 Å². The van der Waals surface area contributed by atoms with E-state index < -0.39 is 0 Å². The maximum absolute atomic E-state index is 11.5. The van der Waals surface area contributed by atoms with E-state index in [0.717, 1.165) is 6.42 Å². The minimum atomic E-state index is -0.166. The smallest absolute Gasteiger partial charge is 0.267 e. The SMILES string of the molecule is CCC(C)N(CCOC)c1nc[nH]c(=O)c1Br. The first kappa shape index (κ1) is 14.2. The molecule has 1 aromatic rings. The molecule has 0 aliphatic heterocycles. The molecule has 0 saturated carbocycles. The second-order valence-electron chi connectivity index (χ2n) is 3.81. The fraction of sp³-hybridized carbons (Fsp3) is 0.636. The van der Waals surface area contributed by atoms with Gasteiger partial charge in [0.2, 0.25) is 0 Å². The van der Waals surface area contributed by atoms with Crippen LogP contribution in [0.4, 0.5) is 5.82 Å². The minimum absolute atomic E-state index is 0.166. The van der Waals surface area contributed by atoms with E-state index in [1.165, 1.54) is 6.33 Å². The van der Waals surface area contributed by atoms with Crippen molar-refractivity contribution < 1.29 is 4.74 Å². The van der Waals surface area contributed by atoms with Crippen LogP contribution in [0.2, 0.25) is 0 Å². The lowest BCUT2D eigenvalue weighted by molar-refractivity contribution is 0.203. The number of hydrogen-bond acceptors (Lipinski definition) is 4. The molecule has 1 heterocycles. The zero-order valence-electron chi connectivity index (χ0n) is 10.4. The van der Waals surface area contributed by atoms with Gasteiger partial charge >= 0.3 is 0 Å². The first-order chi connectivity index (χ1) is 8.11. The van der Waals surface area contributed by atoms with Crippen LogP contribution in [0, 0.1) is 0 Å². The normalized spacial score (nSPS) is 12.5. The first-order valence-electron chi connectivity index (χ1n) is 5.60. The van der Waals surface area contributed by atoms with Gasteiger partial charge in [-0.1, -0.05) is 6.92 Å². The molecule has 0 spiro atoms. The van der Waals surface area contributed by atoms with E-state index in [1.807, 2.05) is 0 Å². The number of hydrogen-bond donors (Lipinski definition) is 1. The third kappa shape index (κ3) is 3.54. The zero-order valence-corrected chi connectivity index (χ0v) is 12.0. The molecule has 0 radical (unpaired) electrons. The number of aromatic nitrogens is 2. The summed E-state index contributed by atoms with van der Waals surface area (Å²) < 4.78 is 5.56. The van der Waals surface area contributed by atoms with Gasteiger partial charge in [-0.25, -0.2) is 4.98 Å². The highest BCUT2D eigenvalue weighted by molar-refractivity contribution is 9.10. The molecule has 0 amide bonds. The van der Waals surface area contributed by atoms with Crippen molar-refractivity contribution in [1.29, 1.82) is 0 Å². The van der Waals surface area contributed by atoms with E-state index in [4.69, 9.17) is 4.74 Å². The fourth-order valence-electron chi connectivity index (χ4n) is 1.52. The molecular formula is C11H18BrN3O2. The lowest BCUT2D eigenvalue weighted by Gasteiger charge is -2.29. The van der Waals surface area contributed by atoms with Gasteiger partial charge in [-0.2, -0.15) is 0 Å². The van der Waals surface area contributed by atoms with Crippen molar-refractivity contribution in [2.45, 2.75) is 26.3 Å². The average Bonchev–Trinajstić information content (AvgIpc) is 2.34. The van der Waals surface area contributed by atoms with E-state index >= 15 is 0 Å². The summed E-state index contributed by atoms with van der Waals surface area (Å²) in [7, 11) is 1.66. The number of anilines is 1. The molecule has 6 heteroatoms.